The number of aliphatic imine (C=N–C) groups is 1. The summed E-state index contributed by atoms with van der Waals surface area (Å²) >= 11 is 0. The Morgan fingerprint density at radius 2 is 2.13 bits per heavy atom. The minimum absolute atomic E-state index is 0.191. The second kappa shape index (κ2) is 9.94. The van der Waals surface area contributed by atoms with Crippen LogP contribution in [0.4, 0.5) is 5.69 Å². The summed E-state index contributed by atoms with van der Waals surface area (Å²) in [6, 6.07) is 8.46. The monoisotopic (exact) mass is 423 g/mol. The molecule has 2 aliphatic heterocycles. The van der Waals surface area contributed by atoms with Gasteiger partial charge in [0, 0.05) is 50.6 Å². The fourth-order valence-corrected chi connectivity index (χ4v) is 4.29. The summed E-state index contributed by atoms with van der Waals surface area (Å²) < 4.78 is 2.02. The highest BCUT2D eigenvalue weighted by atomic mass is 16.2. The van der Waals surface area contributed by atoms with Gasteiger partial charge < -0.3 is 15.5 Å². The summed E-state index contributed by atoms with van der Waals surface area (Å²) in [7, 11) is 0. The number of carbonyl (C=O) groups is 1. The molecule has 0 radical (unpaired) electrons. The predicted molar refractivity (Wildman–Crippen MR) is 122 cm³/mol. The summed E-state index contributed by atoms with van der Waals surface area (Å²) in [6.07, 6.45) is 5.01. The second-order valence-corrected chi connectivity index (χ2v) is 8.15. The average Bonchev–Trinajstić information content (AvgIpc) is 3.40. The zero-order valence-corrected chi connectivity index (χ0v) is 18.6. The lowest BCUT2D eigenvalue weighted by Crippen LogP contribution is -2.47. The molecule has 166 valence electrons. The molecule has 1 unspecified atom stereocenters. The highest BCUT2D eigenvalue weighted by Gasteiger charge is 2.24. The van der Waals surface area contributed by atoms with Crippen molar-refractivity contribution in [2.75, 3.05) is 24.5 Å². The Bertz CT molecular complexity index is 936. The van der Waals surface area contributed by atoms with Gasteiger partial charge in [-0.05, 0) is 37.8 Å². The van der Waals surface area contributed by atoms with Gasteiger partial charge >= 0.3 is 0 Å². The highest BCUT2D eigenvalue weighted by Crippen LogP contribution is 2.28. The number of benzene rings is 1. The molecule has 0 bridgehead atoms. The molecule has 2 aliphatic rings. The molecule has 0 saturated heterocycles. The normalized spacial score (nSPS) is 17.9. The summed E-state index contributed by atoms with van der Waals surface area (Å²) in [5.41, 5.74) is 2.34. The van der Waals surface area contributed by atoms with E-state index in [0.29, 0.717) is 13.0 Å². The van der Waals surface area contributed by atoms with Crippen LogP contribution in [-0.4, -0.2) is 52.3 Å². The number of hydrogen-bond acceptors (Lipinski definition) is 4. The molecule has 1 amide bonds. The van der Waals surface area contributed by atoms with Crippen LogP contribution in [0.2, 0.25) is 0 Å². The van der Waals surface area contributed by atoms with Crippen molar-refractivity contribution >= 4 is 17.6 Å². The van der Waals surface area contributed by atoms with Crippen LogP contribution in [0.3, 0.4) is 0 Å². The fraction of sp³-hybridized carbons (Fsp3) is 0.565. The van der Waals surface area contributed by atoms with Crippen LogP contribution in [0, 0.1) is 0 Å². The van der Waals surface area contributed by atoms with E-state index < -0.39 is 0 Å². The van der Waals surface area contributed by atoms with E-state index in [1.165, 1.54) is 5.56 Å². The number of hydrogen-bond donors (Lipinski definition) is 2. The first-order valence-electron chi connectivity index (χ1n) is 11.5. The molecular weight excluding hydrogens is 390 g/mol. The van der Waals surface area contributed by atoms with Crippen molar-refractivity contribution in [1.82, 2.24) is 25.4 Å². The first kappa shape index (κ1) is 21.3. The molecule has 8 nitrogen and oxygen atoms in total. The average molecular weight is 424 g/mol. The number of guanidine groups is 1. The van der Waals surface area contributed by atoms with Gasteiger partial charge in [-0.15, -0.1) is 0 Å². The van der Waals surface area contributed by atoms with Gasteiger partial charge in [0.1, 0.15) is 5.82 Å². The minimum Gasteiger partial charge on any atom is -0.357 e. The van der Waals surface area contributed by atoms with E-state index in [4.69, 9.17) is 4.99 Å². The zero-order chi connectivity index (χ0) is 21.6. The van der Waals surface area contributed by atoms with Gasteiger partial charge in [-0.2, -0.15) is 5.10 Å². The van der Waals surface area contributed by atoms with E-state index in [0.717, 1.165) is 75.0 Å². The number of carbonyl (C=O) groups excluding carboxylic acids is 1. The van der Waals surface area contributed by atoms with Crippen molar-refractivity contribution in [3.8, 4) is 0 Å². The van der Waals surface area contributed by atoms with Crippen LogP contribution in [0.15, 0.2) is 29.3 Å². The topological polar surface area (TPSA) is 87.4 Å². The molecule has 4 rings (SSSR count). The second-order valence-electron chi connectivity index (χ2n) is 8.15. The van der Waals surface area contributed by atoms with E-state index in [9.17, 15) is 4.79 Å². The molecule has 1 aromatic heterocycles. The lowest BCUT2D eigenvalue weighted by atomic mass is 10.1. The Hall–Kier alpha value is -2.90. The van der Waals surface area contributed by atoms with Crippen molar-refractivity contribution in [2.24, 2.45) is 4.99 Å². The summed E-state index contributed by atoms with van der Waals surface area (Å²) in [5, 5.41) is 11.4. The number of amides is 1. The van der Waals surface area contributed by atoms with Gasteiger partial charge in [0.25, 0.3) is 0 Å². The van der Waals surface area contributed by atoms with Gasteiger partial charge in [-0.25, -0.2) is 9.67 Å². The molecule has 31 heavy (non-hydrogen) atoms. The van der Waals surface area contributed by atoms with Crippen molar-refractivity contribution in [3.63, 3.8) is 0 Å². The third kappa shape index (κ3) is 5.06. The number of anilines is 1. The van der Waals surface area contributed by atoms with Crippen LogP contribution in [-0.2, 0) is 30.6 Å². The molecule has 1 atom stereocenters. The maximum Gasteiger partial charge on any atom is 0.227 e. The first-order chi connectivity index (χ1) is 15.2. The van der Waals surface area contributed by atoms with E-state index in [2.05, 4.69) is 40.6 Å². The Kier molecular flexibility index (Phi) is 6.84. The predicted octanol–water partition coefficient (Wildman–Crippen LogP) is 2.08. The minimum atomic E-state index is 0.191. The number of fused-ring (bicyclic) bond motifs is 2. The van der Waals surface area contributed by atoms with Crippen molar-refractivity contribution in [1.29, 1.82) is 0 Å². The SMILES string of the molecule is CCNC(=NCCCC(=O)N1CCc2ccccc21)NC1CCc2nc(CC)nn2C1. The first-order valence-corrected chi connectivity index (χ1v) is 11.5. The molecule has 2 N–H and O–H groups in total. The smallest absolute Gasteiger partial charge is 0.227 e. The molecule has 0 fully saturated rings. The number of aryl methyl sites for hydroxylation is 2. The lowest BCUT2D eigenvalue weighted by molar-refractivity contribution is -0.118. The fourth-order valence-electron chi connectivity index (χ4n) is 4.29. The van der Waals surface area contributed by atoms with Crippen molar-refractivity contribution in [3.05, 3.63) is 41.5 Å². The standard InChI is InChI=1S/C23H33N7O/c1-3-20-27-21-12-11-18(16-30(21)28-20)26-23(24-4-2)25-14-7-10-22(31)29-15-13-17-8-5-6-9-19(17)29/h5-6,8-9,18H,3-4,7,10-16H2,1-2H3,(H2,24,25,26). The molecule has 0 spiro atoms. The van der Waals surface area contributed by atoms with E-state index in [-0.39, 0.29) is 11.9 Å². The highest BCUT2D eigenvalue weighted by molar-refractivity contribution is 5.95. The zero-order valence-electron chi connectivity index (χ0n) is 18.6. The number of nitrogens with one attached hydrogen (secondary N) is 2. The van der Waals surface area contributed by atoms with Crippen LogP contribution >= 0.6 is 0 Å². The number of aromatic nitrogens is 3. The Morgan fingerprint density at radius 3 is 2.97 bits per heavy atom. The molecular formula is C23H33N7O. The number of nitrogens with zero attached hydrogens (tertiary/aromatic N) is 5. The van der Waals surface area contributed by atoms with Crippen LogP contribution in [0.25, 0.3) is 0 Å². The van der Waals surface area contributed by atoms with Crippen LogP contribution in [0.5, 0.6) is 0 Å². The Labute approximate surface area is 184 Å². The number of rotatable bonds is 7. The van der Waals surface area contributed by atoms with Crippen molar-refractivity contribution in [2.45, 2.75) is 65.0 Å². The van der Waals surface area contributed by atoms with Crippen molar-refractivity contribution < 1.29 is 4.79 Å². The Morgan fingerprint density at radius 1 is 1.26 bits per heavy atom. The molecule has 1 aromatic carbocycles. The molecule has 0 saturated carbocycles. The summed E-state index contributed by atoms with van der Waals surface area (Å²) in [4.78, 5) is 23.9. The third-order valence-electron chi connectivity index (χ3n) is 5.91. The molecule has 0 aliphatic carbocycles. The van der Waals surface area contributed by atoms with Gasteiger partial charge in [0.05, 0.1) is 6.54 Å². The van der Waals surface area contributed by atoms with Gasteiger partial charge in [0.15, 0.2) is 11.8 Å². The molecule has 3 heterocycles. The third-order valence-corrected chi connectivity index (χ3v) is 5.91. The maximum absolute atomic E-state index is 12.7. The van der Waals surface area contributed by atoms with Crippen LogP contribution < -0.4 is 15.5 Å². The molecule has 2 aromatic rings. The van der Waals surface area contributed by atoms with Gasteiger partial charge in [-0.1, -0.05) is 25.1 Å². The maximum atomic E-state index is 12.7. The van der Waals surface area contributed by atoms with Gasteiger partial charge in [-0.3, -0.25) is 9.79 Å². The van der Waals surface area contributed by atoms with Gasteiger partial charge in [0.2, 0.25) is 5.91 Å². The van der Waals surface area contributed by atoms with Crippen LogP contribution in [0.1, 0.15) is 50.3 Å². The Balaban J connectivity index is 1.27. The quantitative estimate of drug-likeness (QED) is 0.404. The largest absolute Gasteiger partial charge is 0.357 e. The summed E-state index contributed by atoms with van der Waals surface area (Å²) in [6.45, 7) is 7.17. The van der Waals surface area contributed by atoms with E-state index >= 15 is 0 Å². The molecule has 8 heteroatoms. The lowest BCUT2D eigenvalue weighted by Gasteiger charge is -2.25. The number of para-hydroxylation sites is 1. The van der Waals surface area contributed by atoms with E-state index in [1.54, 1.807) is 0 Å². The van der Waals surface area contributed by atoms with E-state index in [1.807, 2.05) is 27.8 Å². The summed E-state index contributed by atoms with van der Waals surface area (Å²) in [5.74, 6) is 3.00.